The van der Waals surface area contributed by atoms with Gasteiger partial charge in [-0.15, -0.1) is 0 Å². The van der Waals surface area contributed by atoms with Gasteiger partial charge >= 0.3 is 0 Å². The average molecular weight is 330 g/mol. The molecule has 0 spiro atoms. The third-order valence-electron chi connectivity index (χ3n) is 4.12. The van der Waals surface area contributed by atoms with Gasteiger partial charge in [-0.25, -0.2) is 4.98 Å². The van der Waals surface area contributed by atoms with Gasteiger partial charge in [0.1, 0.15) is 5.76 Å². The van der Waals surface area contributed by atoms with Gasteiger partial charge in [0.2, 0.25) is 17.7 Å². The van der Waals surface area contributed by atoms with E-state index in [0.717, 1.165) is 30.8 Å². The van der Waals surface area contributed by atoms with Crippen LogP contribution in [0.15, 0.2) is 28.9 Å². The van der Waals surface area contributed by atoms with Crippen LogP contribution < -0.4 is 15.0 Å². The van der Waals surface area contributed by atoms with Crippen LogP contribution in [0.1, 0.15) is 24.3 Å². The van der Waals surface area contributed by atoms with Crippen LogP contribution in [0.2, 0.25) is 0 Å². The van der Waals surface area contributed by atoms with E-state index in [4.69, 9.17) is 9.15 Å². The van der Waals surface area contributed by atoms with E-state index >= 15 is 0 Å². The van der Waals surface area contributed by atoms with Gasteiger partial charge in [0, 0.05) is 24.8 Å². The van der Waals surface area contributed by atoms with Gasteiger partial charge in [-0.3, -0.25) is 4.79 Å². The number of piperidine rings is 1. The molecule has 1 atom stereocenters. The number of hydrogen-bond acceptors (Lipinski definition) is 6. The molecule has 1 saturated heterocycles. The Kier molecular flexibility index (Phi) is 4.98. The molecule has 0 bridgehead atoms. The minimum atomic E-state index is -0.0798. The Morgan fingerprint density at radius 1 is 1.50 bits per heavy atom. The highest BCUT2D eigenvalue weighted by Gasteiger charge is 2.27. The second-order valence-corrected chi connectivity index (χ2v) is 5.93. The van der Waals surface area contributed by atoms with Crippen LogP contribution in [0.3, 0.4) is 0 Å². The molecule has 3 rings (SSSR count). The molecular formula is C17H22N4O3. The molecule has 3 heterocycles. The minimum absolute atomic E-state index is 0.0377. The summed E-state index contributed by atoms with van der Waals surface area (Å²) in [4.78, 5) is 23.3. The number of carbonyl (C=O) groups is 1. The maximum Gasteiger partial charge on any atom is 0.228 e. The fourth-order valence-electron chi connectivity index (χ4n) is 2.88. The molecule has 128 valence electrons. The van der Waals surface area contributed by atoms with Crippen LogP contribution in [0.4, 0.5) is 5.95 Å². The van der Waals surface area contributed by atoms with Crippen molar-refractivity contribution >= 4 is 11.9 Å². The number of aryl methyl sites for hydroxylation is 1. The number of hydrogen-bond donors (Lipinski definition) is 1. The molecule has 0 radical (unpaired) electrons. The zero-order valence-corrected chi connectivity index (χ0v) is 14.0. The number of nitrogens with one attached hydrogen (secondary N) is 1. The standard InChI is InChI=1S/C17H22N4O3/c1-12-9-15(23-2)20-17(19-12)21-7-3-5-13(11-21)16(22)18-10-14-6-4-8-24-14/h4,6,8-9,13H,3,5,7,10-11H2,1-2H3,(H,18,22)/t13-/m1/s1. The fraction of sp³-hybridized carbons (Fsp3) is 0.471. The van der Waals surface area contributed by atoms with Crippen LogP contribution in [0.25, 0.3) is 0 Å². The van der Waals surface area contributed by atoms with E-state index < -0.39 is 0 Å². The number of ether oxygens (including phenoxy) is 1. The normalized spacial score (nSPS) is 17.6. The van der Waals surface area contributed by atoms with Crippen LogP contribution in [-0.2, 0) is 11.3 Å². The lowest BCUT2D eigenvalue weighted by Crippen LogP contribution is -2.43. The van der Waals surface area contributed by atoms with E-state index in [0.29, 0.717) is 24.9 Å². The quantitative estimate of drug-likeness (QED) is 0.902. The zero-order valence-electron chi connectivity index (χ0n) is 14.0. The lowest BCUT2D eigenvalue weighted by atomic mass is 9.97. The van der Waals surface area contributed by atoms with E-state index in [9.17, 15) is 4.79 Å². The molecular weight excluding hydrogens is 308 g/mol. The lowest BCUT2D eigenvalue weighted by molar-refractivity contribution is -0.125. The number of aromatic nitrogens is 2. The van der Waals surface area contributed by atoms with Crippen LogP contribution in [0, 0.1) is 12.8 Å². The van der Waals surface area contributed by atoms with Crippen molar-refractivity contribution in [2.24, 2.45) is 5.92 Å². The summed E-state index contributed by atoms with van der Waals surface area (Å²) in [5.41, 5.74) is 0.848. The van der Waals surface area contributed by atoms with Gasteiger partial charge < -0.3 is 19.4 Å². The molecule has 2 aromatic rings. The Morgan fingerprint density at radius 2 is 2.38 bits per heavy atom. The summed E-state index contributed by atoms with van der Waals surface area (Å²) in [6.07, 6.45) is 3.40. The van der Waals surface area contributed by atoms with Crippen LogP contribution in [-0.4, -0.2) is 36.1 Å². The molecule has 1 N–H and O–H groups in total. The van der Waals surface area contributed by atoms with E-state index in [1.165, 1.54) is 0 Å². The first-order chi connectivity index (χ1) is 11.7. The first-order valence-corrected chi connectivity index (χ1v) is 8.10. The molecule has 1 aliphatic rings. The fourth-order valence-corrected chi connectivity index (χ4v) is 2.88. The van der Waals surface area contributed by atoms with Gasteiger partial charge in [-0.2, -0.15) is 4.98 Å². The van der Waals surface area contributed by atoms with Gasteiger partial charge in [-0.1, -0.05) is 0 Å². The minimum Gasteiger partial charge on any atom is -0.481 e. The van der Waals surface area contributed by atoms with Crippen LogP contribution >= 0.6 is 0 Å². The number of nitrogens with zero attached hydrogens (tertiary/aromatic N) is 3. The Hall–Kier alpha value is -2.57. The van der Waals surface area contributed by atoms with Gasteiger partial charge in [-0.05, 0) is 31.9 Å². The van der Waals surface area contributed by atoms with Crippen molar-refractivity contribution in [2.75, 3.05) is 25.1 Å². The predicted molar refractivity (Wildman–Crippen MR) is 88.8 cm³/mol. The highest BCUT2D eigenvalue weighted by Crippen LogP contribution is 2.22. The number of rotatable bonds is 5. The molecule has 1 aliphatic heterocycles. The molecule has 2 aromatic heterocycles. The predicted octanol–water partition coefficient (Wildman–Crippen LogP) is 1.92. The third-order valence-corrected chi connectivity index (χ3v) is 4.12. The second-order valence-electron chi connectivity index (χ2n) is 5.93. The molecule has 7 nitrogen and oxygen atoms in total. The topological polar surface area (TPSA) is 80.5 Å². The van der Waals surface area contributed by atoms with Crippen molar-refractivity contribution < 1.29 is 13.9 Å². The number of amides is 1. The Bertz CT molecular complexity index is 687. The molecule has 7 heteroatoms. The number of anilines is 1. The van der Waals surface area contributed by atoms with Crippen molar-refractivity contribution in [3.8, 4) is 5.88 Å². The van der Waals surface area contributed by atoms with Gasteiger partial charge in [0.15, 0.2) is 0 Å². The van der Waals surface area contributed by atoms with E-state index in [-0.39, 0.29) is 11.8 Å². The summed E-state index contributed by atoms with van der Waals surface area (Å²) >= 11 is 0. The molecule has 1 fully saturated rings. The first kappa shape index (κ1) is 16.3. The average Bonchev–Trinajstić information content (AvgIpc) is 3.12. The maximum absolute atomic E-state index is 12.4. The van der Waals surface area contributed by atoms with E-state index in [1.54, 1.807) is 19.4 Å². The van der Waals surface area contributed by atoms with E-state index in [2.05, 4.69) is 20.2 Å². The van der Waals surface area contributed by atoms with Gasteiger partial charge in [0.25, 0.3) is 0 Å². The third kappa shape index (κ3) is 3.84. The number of methoxy groups -OCH3 is 1. The van der Waals surface area contributed by atoms with Crippen LogP contribution in [0.5, 0.6) is 5.88 Å². The number of furan rings is 1. The second kappa shape index (κ2) is 7.33. The monoisotopic (exact) mass is 330 g/mol. The van der Waals surface area contributed by atoms with Gasteiger partial charge in [0.05, 0.1) is 25.8 Å². The summed E-state index contributed by atoms with van der Waals surface area (Å²) in [5.74, 6) is 1.87. The summed E-state index contributed by atoms with van der Waals surface area (Å²) in [6, 6.07) is 5.45. The zero-order chi connectivity index (χ0) is 16.9. The Balaban J connectivity index is 1.63. The molecule has 0 aromatic carbocycles. The summed E-state index contributed by atoms with van der Waals surface area (Å²) in [5, 5.41) is 2.94. The lowest BCUT2D eigenvalue weighted by Gasteiger charge is -2.32. The Morgan fingerprint density at radius 3 is 3.12 bits per heavy atom. The molecule has 0 saturated carbocycles. The highest BCUT2D eigenvalue weighted by atomic mass is 16.5. The van der Waals surface area contributed by atoms with E-state index in [1.807, 2.05) is 19.1 Å². The first-order valence-electron chi connectivity index (χ1n) is 8.10. The SMILES string of the molecule is COc1cc(C)nc(N2CCC[C@@H](C(=O)NCc3ccco3)C2)n1. The molecule has 1 amide bonds. The summed E-state index contributed by atoms with van der Waals surface area (Å²) < 4.78 is 10.5. The summed E-state index contributed by atoms with van der Waals surface area (Å²) in [6.45, 7) is 3.77. The Labute approximate surface area is 141 Å². The van der Waals surface area contributed by atoms with Crippen molar-refractivity contribution in [3.63, 3.8) is 0 Å². The smallest absolute Gasteiger partial charge is 0.228 e. The van der Waals surface area contributed by atoms with Crippen molar-refractivity contribution in [2.45, 2.75) is 26.3 Å². The van der Waals surface area contributed by atoms with Crippen molar-refractivity contribution in [1.29, 1.82) is 0 Å². The number of carbonyl (C=O) groups excluding carboxylic acids is 1. The highest BCUT2D eigenvalue weighted by molar-refractivity contribution is 5.79. The van der Waals surface area contributed by atoms with Crippen molar-refractivity contribution in [1.82, 2.24) is 15.3 Å². The molecule has 0 aliphatic carbocycles. The van der Waals surface area contributed by atoms with Crippen molar-refractivity contribution in [3.05, 3.63) is 35.9 Å². The summed E-state index contributed by atoms with van der Waals surface area (Å²) in [7, 11) is 1.59. The maximum atomic E-state index is 12.4. The molecule has 24 heavy (non-hydrogen) atoms. The molecule has 0 unspecified atom stereocenters. The largest absolute Gasteiger partial charge is 0.481 e.